The Kier molecular flexibility index (Phi) is 5.69. The number of fused-ring (bicyclic) bond motifs is 1. The molecule has 1 heterocycles. The van der Waals surface area contributed by atoms with Gasteiger partial charge in [0, 0.05) is 13.0 Å². The molecule has 4 nitrogen and oxygen atoms in total. The maximum absolute atomic E-state index is 12.6. The molecule has 118 valence electrons. The van der Waals surface area contributed by atoms with Gasteiger partial charge in [0.1, 0.15) is 0 Å². The topological polar surface area (TPSA) is 49.4 Å². The van der Waals surface area contributed by atoms with Gasteiger partial charge in [0.25, 0.3) is 0 Å². The minimum atomic E-state index is -0.0511. The van der Waals surface area contributed by atoms with Crippen LogP contribution in [0.5, 0.6) is 0 Å². The fourth-order valence-corrected chi connectivity index (χ4v) is 2.48. The molecule has 1 N–H and O–H groups in total. The maximum atomic E-state index is 12.6. The highest BCUT2D eigenvalue weighted by Gasteiger charge is 2.20. The molecule has 0 fully saturated rings. The van der Waals surface area contributed by atoms with Crippen LogP contribution in [-0.2, 0) is 9.59 Å². The first-order valence-corrected chi connectivity index (χ1v) is 7.43. The van der Waals surface area contributed by atoms with Crippen molar-refractivity contribution in [2.75, 3.05) is 18.0 Å². The third-order valence-electron chi connectivity index (χ3n) is 3.70. The summed E-state index contributed by atoms with van der Waals surface area (Å²) < 4.78 is 0. The number of nitrogens with zero attached hydrogens (tertiary/aromatic N) is 1. The van der Waals surface area contributed by atoms with Gasteiger partial charge >= 0.3 is 0 Å². The molecule has 2 amide bonds. The van der Waals surface area contributed by atoms with E-state index in [1.165, 1.54) is 0 Å². The molecular weight excluding hydrogens is 288 g/mol. The molecule has 0 saturated carbocycles. The van der Waals surface area contributed by atoms with Crippen LogP contribution in [0.25, 0.3) is 6.08 Å². The molecule has 0 saturated heterocycles. The van der Waals surface area contributed by atoms with Crippen LogP contribution in [0.15, 0.2) is 66.8 Å². The lowest BCUT2D eigenvalue weighted by Gasteiger charge is -2.27. The summed E-state index contributed by atoms with van der Waals surface area (Å²) >= 11 is 0. The summed E-state index contributed by atoms with van der Waals surface area (Å²) in [6.45, 7) is 8.42. The smallest absolute Gasteiger partial charge is 0.229 e. The van der Waals surface area contributed by atoms with Gasteiger partial charge in [0.2, 0.25) is 12.3 Å². The van der Waals surface area contributed by atoms with Crippen LogP contribution < -0.4 is 10.2 Å². The summed E-state index contributed by atoms with van der Waals surface area (Å²) in [7, 11) is 0. The first kappa shape index (κ1) is 16.5. The van der Waals surface area contributed by atoms with Crippen molar-refractivity contribution in [2.45, 2.75) is 6.42 Å². The highest BCUT2D eigenvalue weighted by molar-refractivity contribution is 5.96. The number of nitrogens with one attached hydrogen (secondary N) is 1. The average Bonchev–Trinajstić information content (AvgIpc) is 2.56. The van der Waals surface area contributed by atoms with Crippen LogP contribution in [0.2, 0.25) is 0 Å². The average molecular weight is 308 g/mol. The molecule has 1 aromatic carbocycles. The lowest BCUT2D eigenvalue weighted by atomic mass is 10.0. The predicted molar refractivity (Wildman–Crippen MR) is 93.9 cm³/mol. The molecule has 0 bridgehead atoms. The van der Waals surface area contributed by atoms with Gasteiger partial charge in [-0.3, -0.25) is 9.59 Å². The molecule has 0 aromatic heterocycles. The third-order valence-corrected chi connectivity index (χ3v) is 3.70. The van der Waals surface area contributed by atoms with Crippen molar-refractivity contribution >= 4 is 24.1 Å². The standard InChI is InChI=1S/C19H20N2O2/c1-3-15-9-10-17-7-5-6-8-18(17)21(13-16(15)4-2)19(23)11-12-20-14-22/h3-10,14H,1-2,11-13H2,(H,20,22)/b10-9-,16-15-. The van der Waals surface area contributed by atoms with Crippen molar-refractivity contribution in [2.24, 2.45) is 0 Å². The number of para-hydroxylation sites is 1. The van der Waals surface area contributed by atoms with E-state index in [1.54, 1.807) is 17.1 Å². The van der Waals surface area contributed by atoms with E-state index in [4.69, 9.17) is 0 Å². The largest absolute Gasteiger partial charge is 0.358 e. The van der Waals surface area contributed by atoms with Gasteiger partial charge in [-0.2, -0.15) is 0 Å². The Hall–Kier alpha value is -2.88. The summed E-state index contributed by atoms with van der Waals surface area (Å²) in [4.78, 5) is 24.7. The number of benzene rings is 1. The lowest BCUT2D eigenvalue weighted by Crippen LogP contribution is -2.35. The van der Waals surface area contributed by atoms with Crippen molar-refractivity contribution in [1.29, 1.82) is 0 Å². The summed E-state index contributed by atoms with van der Waals surface area (Å²) in [6.07, 6.45) is 8.31. The van der Waals surface area contributed by atoms with Gasteiger partial charge in [0.15, 0.2) is 0 Å². The van der Waals surface area contributed by atoms with Gasteiger partial charge in [-0.25, -0.2) is 0 Å². The zero-order valence-corrected chi connectivity index (χ0v) is 13.0. The third kappa shape index (κ3) is 3.86. The Bertz CT molecular complexity index is 686. The van der Waals surface area contributed by atoms with Gasteiger partial charge < -0.3 is 10.2 Å². The number of rotatable bonds is 6. The van der Waals surface area contributed by atoms with Gasteiger partial charge in [-0.05, 0) is 22.8 Å². The molecule has 0 unspecified atom stereocenters. The zero-order chi connectivity index (χ0) is 16.7. The Balaban J connectivity index is 2.43. The highest BCUT2D eigenvalue weighted by Crippen LogP contribution is 2.27. The number of hydrogen-bond donors (Lipinski definition) is 1. The predicted octanol–water partition coefficient (Wildman–Crippen LogP) is 2.85. The van der Waals surface area contributed by atoms with E-state index in [-0.39, 0.29) is 12.3 Å². The summed E-state index contributed by atoms with van der Waals surface area (Å²) in [5.74, 6) is -0.0511. The number of allylic oxidation sites excluding steroid dienone is 3. The van der Waals surface area contributed by atoms with E-state index < -0.39 is 0 Å². The molecule has 1 aliphatic rings. The molecular formula is C19H20N2O2. The number of carbonyl (C=O) groups excluding carboxylic acids is 2. The van der Waals surface area contributed by atoms with Crippen LogP contribution in [-0.4, -0.2) is 25.4 Å². The molecule has 1 aromatic rings. The number of carbonyl (C=O) groups is 2. The Morgan fingerprint density at radius 1 is 1.22 bits per heavy atom. The summed E-state index contributed by atoms with van der Waals surface area (Å²) in [6, 6.07) is 7.73. The van der Waals surface area contributed by atoms with Crippen molar-refractivity contribution in [3.63, 3.8) is 0 Å². The fraction of sp³-hybridized carbons (Fsp3) is 0.158. The second kappa shape index (κ2) is 7.94. The lowest BCUT2D eigenvalue weighted by molar-refractivity contribution is -0.118. The van der Waals surface area contributed by atoms with Crippen LogP contribution in [0, 0.1) is 0 Å². The number of amides is 2. The molecule has 23 heavy (non-hydrogen) atoms. The summed E-state index contributed by atoms with van der Waals surface area (Å²) in [5, 5.41) is 2.52. The van der Waals surface area contributed by atoms with Crippen LogP contribution in [0.3, 0.4) is 0 Å². The Morgan fingerprint density at radius 3 is 2.70 bits per heavy atom. The van der Waals surface area contributed by atoms with Crippen LogP contribution >= 0.6 is 0 Å². The van der Waals surface area contributed by atoms with Crippen molar-refractivity contribution in [3.8, 4) is 0 Å². The van der Waals surface area contributed by atoms with Gasteiger partial charge in [-0.1, -0.05) is 55.7 Å². The van der Waals surface area contributed by atoms with Crippen LogP contribution in [0.4, 0.5) is 5.69 Å². The quantitative estimate of drug-likeness (QED) is 0.649. The monoisotopic (exact) mass is 308 g/mol. The molecule has 2 rings (SSSR count). The van der Waals surface area contributed by atoms with Crippen LogP contribution in [0.1, 0.15) is 12.0 Å². The van der Waals surface area contributed by atoms with E-state index in [2.05, 4.69) is 18.5 Å². The highest BCUT2D eigenvalue weighted by atomic mass is 16.2. The van der Waals surface area contributed by atoms with Crippen molar-refractivity contribution in [3.05, 3.63) is 72.4 Å². The molecule has 0 radical (unpaired) electrons. The fourth-order valence-electron chi connectivity index (χ4n) is 2.48. The molecule has 1 aliphatic heterocycles. The second-order valence-corrected chi connectivity index (χ2v) is 5.08. The van der Waals surface area contributed by atoms with Crippen molar-refractivity contribution < 1.29 is 9.59 Å². The van der Waals surface area contributed by atoms with Gasteiger partial charge in [-0.15, -0.1) is 0 Å². The van der Waals surface area contributed by atoms with E-state index in [0.717, 1.165) is 22.4 Å². The number of anilines is 1. The minimum Gasteiger partial charge on any atom is -0.358 e. The number of hydrogen-bond acceptors (Lipinski definition) is 2. The molecule has 0 aliphatic carbocycles. The first-order valence-electron chi connectivity index (χ1n) is 7.43. The molecule has 4 heteroatoms. The maximum Gasteiger partial charge on any atom is 0.229 e. The normalized spacial score (nSPS) is 18.2. The summed E-state index contributed by atoms with van der Waals surface area (Å²) in [5.41, 5.74) is 3.69. The minimum absolute atomic E-state index is 0.0511. The molecule has 0 atom stereocenters. The van der Waals surface area contributed by atoms with Gasteiger partial charge in [0.05, 0.1) is 12.2 Å². The van der Waals surface area contributed by atoms with E-state index in [1.807, 2.05) is 36.4 Å². The molecule has 0 spiro atoms. The van der Waals surface area contributed by atoms with E-state index in [0.29, 0.717) is 19.5 Å². The Morgan fingerprint density at radius 2 is 2.00 bits per heavy atom. The van der Waals surface area contributed by atoms with E-state index >= 15 is 0 Å². The second-order valence-electron chi connectivity index (χ2n) is 5.08. The SMILES string of the molecule is C=CC1=C(\C=C)CN(C(=O)CCNC=O)c2ccccc2/C=C\1. The van der Waals surface area contributed by atoms with E-state index in [9.17, 15) is 9.59 Å². The first-order chi connectivity index (χ1) is 11.2. The zero-order valence-electron chi connectivity index (χ0n) is 13.0. The Labute approximate surface area is 136 Å². The van der Waals surface area contributed by atoms with Crippen molar-refractivity contribution in [1.82, 2.24) is 5.32 Å².